The molecule has 188 valence electrons. The molecule has 1 fully saturated rings. The predicted molar refractivity (Wildman–Crippen MR) is 136 cm³/mol. The third kappa shape index (κ3) is 5.59. The van der Waals surface area contributed by atoms with Gasteiger partial charge in [0.2, 0.25) is 17.6 Å². The monoisotopic (exact) mass is 482 g/mol. The molecule has 35 heavy (non-hydrogen) atoms. The van der Waals surface area contributed by atoms with Crippen LogP contribution in [0.25, 0.3) is 11.2 Å². The van der Waals surface area contributed by atoms with E-state index in [-0.39, 0.29) is 5.91 Å². The Kier molecular flexibility index (Phi) is 7.91. The number of nitrogens with two attached hydrogens (primary N) is 1. The molecule has 1 aromatic carbocycles. The van der Waals surface area contributed by atoms with E-state index in [9.17, 15) is 4.79 Å². The quantitative estimate of drug-likeness (QED) is 0.373. The zero-order valence-electron chi connectivity index (χ0n) is 20.6. The van der Waals surface area contributed by atoms with E-state index in [1.165, 1.54) is 25.7 Å². The highest BCUT2D eigenvalue weighted by Gasteiger charge is 2.19. The van der Waals surface area contributed by atoms with Gasteiger partial charge in [0.25, 0.3) is 0 Å². The van der Waals surface area contributed by atoms with Crippen LogP contribution < -0.4 is 30.6 Å². The predicted octanol–water partition coefficient (Wildman–Crippen LogP) is 4.07. The molecule has 0 saturated heterocycles. The summed E-state index contributed by atoms with van der Waals surface area (Å²) in [7, 11) is 4.70. The van der Waals surface area contributed by atoms with E-state index < -0.39 is 0 Å². The van der Waals surface area contributed by atoms with Gasteiger partial charge in [0.15, 0.2) is 17.1 Å². The lowest BCUT2D eigenvalue weighted by Crippen LogP contribution is -2.15. The highest BCUT2D eigenvalue weighted by atomic mass is 16.5. The largest absolute Gasteiger partial charge is 0.493 e. The number of anilines is 3. The highest BCUT2D eigenvalue weighted by Crippen LogP contribution is 2.40. The van der Waals surface area contributed by atoms with Crippen molar-refractivity contribution in [3.05, 3.63) is 24.3 Å². The molecule has 10 heteroatoms. The first-order chi connectivity index (χ1) is 17.1. The number of methoxy groups -OCH3 is 3. The van der Waals surface area contributed by atoms with E-state index in [4.69, 9.17) is 24.9 Å². The average molecular weight is 483 g/mol. The molecular formula is C25H34N6O4. The second-order valence-electron chi connectivity index (χ2n) is 8.69. The van der Waals surface area contributed by atoms with Crippen molar-refractivity contribution >= 4 is 34.5 Å². The van der Waals surface area contributed by atoms with E-state index >= 15 is 0 Å². The van der Waals surface area contributed by atoms with Gasteiger partial charge in [-0.25, -0.2) is 9.97 Å². The van der Waals surface area contributed by atoms with Gasteiger partial charge in [-0.3, -0.25) is 9.36 Å². The Morgan fingerprint density at radius 3 is 2.43 bits per heavy atom. The minimum Gasteiger partial charge on any atom is -0.493 e. The van der Waals surface area contributed by atoms with Gasteiger partial charge >= 0.3 is 0 Å². The minimum absolute atomic E-state index is 0.00980. The molecule has 4 N–H and O–H groups in total. The SMILES string of the molecule is COc1cc(Nc2nc3ccc(NC(=O)CCC4CCCC4)nc3n2CCN)cc(OC)c1OC. The lowest BCUT2D eigenvalue weighted by molar-refractivity contribution is -0.116. The Morgan fingerprint density at radius 1 is 1.09 bits per heavy atom. The second kappa shape index (κ2) is 11.3. The Bertz CT molecular complexity index is 1150. The highest BCUT2D eigenvalue weighted by molar-refractivity contribution is 5.91. The number of ether oxygens (including phenoxy) is 3. The lowest BCUT2D eigenvalue weighted by Gasteiger charge is -2.15. The standard InChI is InChI=1S/C25H34N6O4/c1-33-19-14-17(15-20(34-2)23(19)35-3)27-25-28-18-9-10-21(30-24(18)31(25)13-12-26)29-22(32)11-8-16-6-4-5-7-16/h9-10,14-16H,4-8,11-13,26H2,1-3H3,(H,27,28)(H,29,30,32). The van der Waals surface area contributed by atoms with E-state index in [1.54, 1.807) is 39.5 Å². The fourth-order valence-corrected chi connectivity index (χ4v) is 4.63. The molecule has 0 atom stereocenters. The van der Waals surface area contributed by atoms with Crippen molar-refractivity contribution in [3.8, 4) is 17.2 Å². The molecule has 0 spiro atoms. The van der Waals surface area contributed by atoms with Crippen molar-refractivity contribution < 1.29 is 19.0 Å². The summed E-state index contributed by atoms with van der Waals surface area (Å²) < 4.78 is 18.2. The van der Waals surface area contributed by atoms with Crippen LogP contribution in [0.1, 0.15) is 38.5 Å². The second-order valence-corrected chi connectivity index (χ2v) is 8.69. The van der Waals surface area contributed by atoms with Crippen LogP contribution in [0.4, 0.5) is 17.5 Å². The van der Waals surface area contributed by atoms with Crippen LogP contribution in [-0.4, -0.2) is 48.3 Å². The number of nitrogens with zero attached hydrogens (tertiary/aromatic N) is 3. The first-order valence-corrected chi connectivity index (χ1v) is 12.0. The van der Waals surface area contributed by atoms with Crippen LogP contribution in [0.3, 0.4) is 0 Å². The maximum Gasteiger partial charge on any atom is 0.225 e. The minimum atomic E-state index is -0.00980. The van der Waals surface area contributed by atoms with E-state index in [2.05, 4.69) is 15.6 Å². The molecule has 0 radical (unpaired) electrons. The number of carbonyl (C=O) groups excluding carboxylic acids is 1. The third-order valence-electron chi connectivity index (χ3n) is 6.39. The van der Waals surface area contributed by atoms with Gasteiger partial charge in [0, 0.05) is 37.3 Å². The number of rotatable bonds is 11. The first kappa shape index (κ1) is 24.6. The van der Waals surface area contributed by atoms with Crippen molar-refractivity contribution in [2.24, 2.45) is 11.7 Å². The normalized spacial score (nSPS) is 13.7. The summed E-state index contributed by atoms with van der Waals surface area (Å²) in [6.07, 6.45) is 6.47. The maximum atomic E-state index is 12.5. The Balaban J connectivity index is 1.57. The van der Waals surface area contributed by atoms with Gasteiger partial charge in [-0.1, -0.05) is 25.7 Å². The molecule has 10 nitrogen and oxygen atoms in total. The molecule has 0 unspecified atom stereocenters. The third-order valence-corrected chi connectivity index (χ3v) is 6.39. The summed E-state index contributed by atoms with van der Waals surface area (Å²) in [5.74, 6) is 3.29. The molecule has 3 aromatic rings. The molecular weight excluding hydrogens is 448 g/mol. The molecule has 0 aliphatic heterocycles. The zero-order valence-corrected chi connectivity index (χ0v) is 20.6. The van der Waals surface area contributed by atoms with Crippen LogP contribution in [0.5, 0.6) is 17.2 Å². The summed E-state index contributed by atoms with van der Waals surface area (Å²) in [5, 5.41) is 6.25. The number of fused-ring (bicyclic) bond motifs is 1. The zero-order chi connectivity index (χ0) is 24.8. The fourth-order valence-electron chi connectivity index (χ4n) is 4.63. The van der Waals surface area contributed by atoms with Crippen LogP contribution in [0.15, 0.2) is 24.3 Å². The maximum absolute atomic E-state index is 12.5. The Labute approximate surface area is 205 Å². The van der Waals surface area contributed by atoms with E-state index in [0.29, 0.717) is 71.3 Å². The molecule has 1 saturated carbocycles. The number of aromatic nitrogens is 3. The molecule has 2 heterocycles. The molecule has 4 rings (SSSR count). The van der Waals surface area contributed by atoms with Crippen molar-refractivity contribution in [3.63, 3.8) is 0 Å². The summed E-state index contributed by atoms with van der Waals surface area (Å²) in [5.41, 5.74) is 7.92. The summed E-state index contributed by atoms with van der Waals surface area (Å²) in [4.78, 5) is 21.9. The van der Waals surface area contributed by atoms with Gasteiger partial charge in [-0.2, -0.15) is 0 Å². The van der Waals surface area contributed by atoms with Crippen molar-refractivity contribution in [2.75, 3.05) is 38.5 Å². The van der Waals surface area contributed by atoms with Crippen LogP contribution in [0.2, 0.25) is 0 Å². The summed E-state index contributed by atoms with van der Waals surface area (Å²) in [6, 6.07) is 7.23. The van der Waals surface area contributed by atoms with Gasteiger partial charge in [-0.05, 0) is 24.5 Å². The number of pyridine rings is 1. The van der Waals surface area contributed by atoms with Crippen LogP contribution >= 0.6 is 0 Å². The number of benzene rings is 1. The topological polar surface area (TPSA) is 126 Å². The Morgan fingerprint density at radius 2 is 1.80 bits per heavy atom. The van der Waals surface area contributed by atoms with Crippen LogP contribution in [-0.2, 0) is 11.3 Å². The average Bonchev–Trinajstić information content (AvgIpc) is 3.50. The van der Waals surface area contributed by atoms with Crippen molar-refractivity contribution in [2.45, 2.75) is 45.1 Å². The molecule has 1 aliphatic carbocycles. The molecule has 1 aliphatic rings. The smallest absolute Gasteiger partial charge is 0.225 e. The van der Waals surface area contributed by atoms with Crippen molar-refractivity contribution in [1.82, 2.24) is 14.5 Å². The van der Waals surface area contributed by atoms with Gasteiger partial charge in [-0.15, -0.1) is 0 Å². The molecule has 0 bridgehead atoms. The summed E-state index contributed by atoms with van der Waals surface area (Å²) >= 11 is 0. The summed E-state index contributed by atoms with van der Waals surface area (Å²) in [6.45, 7) is 0.893. The number of carbonyl (C=O) groups is 1. The number of nitrogens with one attached hydrogen (secondary N) is 2. The fraction of sp³-hybridized carbons (Fsp3) is 0.480. The number of imidazole rings is 1. The molecule has 2 aromatic heterocycles. The first-order valence-electron chi connectivity index (χ1n) is 12.0. The van der Waals surface area contributed by atoms with Gasteiger partial charge in [0.1, 0.15) is 11.3 Å². The number of amides is 1. The Hall–Kier alpha value is -3.53. The van der Waals surface area contributed by atoms with Gasteiger partial charge in [0.05, 0.1) is 21.3 Å². The number of hydrogen-bond acceptors (Lipinski definition) is 8. The van der Waals surface area contributed by atoms with Gasteiger partial charge < -0.3 is 30.6 Å². The van der Waals surface area contributed by atoms with E-state index in [1.807, 2.05) is 10.6 Å². The number of hydrogen-bond donors (Lipinski definition) is 3. The van der Waals surface area contributed by atoms with Crippen LogP contribution in [0, 0.1) is 5.92 Å². The van der Waals surface area contributed by atoms with Crippen molar-refractivity contribution in [1.29, 1.82) is 0 Å². The van der Waals surface area contributed by atoms with E-state index in [0.717, 1.165) is 6.42 Å². The molecule has 1 amide bonds. The lowest BCUT2D eigenvalue weighted by atomic mass is 10.0.